The van der Waals surface area contributed by atoms with Crippen molar-refractivity contribution in [3.8, 4) is 0 Å². The highest BCUT2D eigenvalue weighted by Crippen LogP contribution is 2.23. The lowest BCUT2D eigenvalue weighted by molar-refractivity contribution is -0.385. The Hall–Kier alpha value is -3.52. The largest absolute Gasteiger partial charge is 0.352 e. The number of carbonyl (C=O) groups excluding carboxylic acids is 2. The van der Waals surface area contributed by atoms with Gasteiger partial charge in [0, 0.05) is 35.1 Å². The molecule has 1 atom stereocenters. The van der Waals surface area contributed by atoms with E-state index >= 15 is 0 Å². The van der Waals surface area contributed by atoms with E-state index in [2.05, 4.69) is 21.2 Å². The summed E-state index contributed by atoms with van der Waals surface area (Å²) in [5.74, 6) is -0.525. The zero-order valence-electron chi connectivity index (χ0n) is 20.5. The lowest BCUT2D eigenvalue weighted by atomic mass is 10.0. The van der Waals surface area contributed by atoms with Crippen LogP contribution < -0.4 is 5.32 Å². The molecule has 1 saturated carbocycles. The van der Waals surface area contributed by atoms with Crippen molar-refractivity contribution in [3.05, 3.63) is 110 Å². The number of nitrogens with zero attached hydrogens (tertiary/aromatic N) is 2. The smallest absolute Gasteiger partial charge is 0.273 e. The van der Waals surface area contributed by atoms with E-state index in [-0.39, 0.29) is 36.5 Å². The first-order valence-electron chi connectivity index (χ1n) is 12.5. The highest BCUT2D eigenvalue weighted by Gasteiger charge is 2.33. The van der Waals surface area contributed by atoms with E-state index in [1.165, 1.54) is 6.07 Å². The first-order chi connectivity index (χ1) is 17.9. The summed E-state index contributed by atoms with van der Waals surface area (Å²) in [5, 5.41) is 14.8. The van der Waals surface area contributed by atoms with Gasteiger partial charge in [0.15, 0.2) is 0 Å². The van der Waals surface area contributed by atoms with Gasteiger partial charge in [-0.05, 0) is 36.1 Å². The van der Waals surface area contributed by atoms with Crippen molar-refractivity contribution < 1.29 is 14.5 Å². The molecule has 8 heteroatoms. The second-order valence-electron chi connectivity index (χ2n) is 9.41. The third-order valence-corrected chi connectivity index (χ3v) is 7.30. The number of hydrogen-bond donors (Lipinski definition) is 1. The first kappa shape index (κ1) is 26.5. The topological polar surface area (TPSA) is 92.6 Å². The van der Waals surface area contributed by atoms with Gasteiger partial charge in [-0.2, -0.15) is 0 Å². The number of nitrogens with one attached hydrogen (secondary N) is 1. The van der Waals surface area contributed by atoms with Crippen LogP contribution in [0.1, 0.15) is 42.4 Å². The average Bonchev–Trinajstić information content (AvgIpc) is 3.41. The van der Waals surface area contributed by atoms with Crippen molar-refractivity contribution in [2.24, 2.45) is 0 Å². The Bertz CT molecular complexity index is 1230. The molecule has 0 bridgehead atoms. The Labute approximate surface area is 225 Å². The van der Waals surface area contributed by atoms with Gasteiger partial charge in [0.2, 0.25) is 11.8 Å². The van der Waals surface area contributed by atoms with Crippen LogP contribution in [0.4, 0.5) is 5.69 Å². The fourth-order valence-corrected chi connectivity index (χ4v) is 5.08. The number of carbonyl (C=O) groups is 2. The van der Waals surface area contributed by atoms with E-state index in [4.69, 9.17) is 0 Å². The maximum Gasteiger partial charge on any atom is 0.273 e. The van der Waals surface area contributed by atoms with E-state index in [9.17, 15) is 19.7 Å². The fraction of sp³-hybridized carbons (Fsp3) is 0.310. The predicted octanol–water partition coefficient (Wildman–Crippen LogP) is 5.60. The molecule has 0 aliphatic heterocycles. The van der Waals surface area contributed by atoms with Crippen molar-refractivity contribution in [1.82, 2.24) is 10.2 Å². The van der Waals surface area contributed by atoms with Gasteiger partial charge < -0.3 is 10.2 Å². The van der Waals surface area contributed by atoms with E-state index in [1.807, 2.05) is 54.6 Å². The normalized spacial score (nSPS) is 14.2. The molecule has 192 valence electrons. The molecule has 0 saturated heterocycles. The van der Waals surface area contributed by atoms with E-state index < -0.39 is 11.0 Å². The number of hydrogen-bond acceptors (Lipinski definition) is 4. The lowest BCUT2D eigenvalue weighted by Gasteiger charge is -2.32. The van der Waals surface area contributed by atoms with Gasteiger partial charge in [-0.25, -0.2) is 0 Å². The summed E-state index contributed by atoms with van der Waals surface area (Å²) < 4.78 is 0.911. The Kier molecular flexibility index (Phi) is 9.06. The van der Waals surface area contributed by atoms with Crippen LogP contribution in [0, 0.1) is 10.1 Å². The molecular formula is C29H30BrN3O4. The summed E-state index contributed by atoms with van der Waals surface area (Å²) in [5.41, 5.74) is 2.03. The van der Waals surface area contributed by atoms with Crippen molar-refractivity contribution >= 4 is 33.4 Å². The van der Waals surface area contributed by atoms with E-state index in [0.717, 1.165) is 41.3 Å². The molecule has 3 aromatic carbocycles. The molecule has 0 unspecified atom stereocenters. The fourth-order valence-electron chi connectivity index (χ4n) is 4.81. The number of para-hydroxylation sites is 1. The van der Waals surface area contributed by atoms with Crippen LogP contribution in [0.3, 0.4) is 0 Å². The van der Waals surface area contributed by atoms with Gasteiger partial charge >= 0.3 is 0 Å². The molecule has 7 nitrogen and oxygen atoms in total. The van der Waals surface area contributed by atoms with Crippen LogP contribution in [0.5, 0.6) is 0 Å². The molecule has 1 fully saturated rings. The number of nitro benzene ring substituents is 1. The first-order valence-corrected chi connectivity index (χ1v) is 13.3. The number of rotatable bonds is 10. The van der Waals surface area contributed by atoms with Gasteiger partial charge in [-0.1, -0.05) is 89.4 Å². The van der Waals surface area contributed by atoms with Gasteiger partial charge in [0.1, 0.15) is 6.04 Å². The molecule has 1 aliphatic rings. The summed E-state index contributed by atoms with van der Waals surface area (Å²) in [6.07, 6.45) is 4.19. The monoisotopic (exact) mass is 563 g/mol. The summed E-state index contributed by atoms with van der Waals surface area (Å²) >= 11 is 3.44. The molecule has 4 rings (SSSR count). The molecule has 37 heavy (non-hydrogen) atoms. The number of halogens is 1. The second-order valence-corrected chi connectivity index (χ2v) is 10.3. The average molecular weight is 564 g/mol. The lowest BCUT2D eigenvalue weighted by Crippen LogP contribution is -2.52. The Morgan fingerprint density at radius 3 is 2.27 bits per heavy atom. The zero-order chi connectivity index (χ0) is 26.2. The third-order valence-electron chi connectivity index (χ3n) is 6.77. The minimum Gasteiger partial charge on any atom is -0.352 e. The summed E-state index contributed by atoms with van der Waals surface area (Å²) in [6.45, 7) is 0.211. The van der Waals surface area contributed by atoms with Crippen LogP contribution in [-0.2, 0) is 29.0 Å². The van der Waals surface area contributed by atoms with Crippen molar-refractivity contribution in [2.75, 3.05) is 0 Å². The maximum absolute atomic E-state index is 13.8. The quantitative estimate of drug-likeness (QED) is 0.256. The standard InChI is InChI=1S/C29H30BrN3O4/c30-24-16-14-22(15-17-24)20-32(28(34)19-23-10-4-7-13-26(23)33(36)37)27(18-21-8-2-1-3-9-21)29(35)31-25-11-5-6-12-25/h1-4,7-10,13-17,25,27H,5-6,11-12,18-20H2,(H,31,35)/t27-/m0/s1. The van der Waals surface area contributed by atoms with Gasteiger partial charge in [-0.15, -0.1) is 0 Å². The molecule has 2 amide bonds. The van der Waals surface area contributed by atoms with Gasteiger partial charge in [-0.3, -0.25) is 19.7 Å². The number of benzene rings is 3. The second kappa shape index (κ2) is 12.6. The van der Waals surface area contributed by atoms with Crippen molar-refractivity contribution in [2.45, 2.75) is 57.2 Å². The molecule has 1 aliphatic carbocycles. The molecule has 0 spiro atoms. The van der Waals surface area contributed by atoms with Crippen LogP contribution in [0.15, 0.2) is 83.3 Å². The third kappa shape index (κ3) is 7.26. The van der Waals surface area contributed by atoms with Crippen molar-refractivity contribution in [3.63, 3.8) is 0 Å². The van der Waals surface area contributed by atoms with Crippen molar-refractivity contribution in [1.29, 1.82) is 0 Å². The Morgan fingerprint density at radius 2 is 1.59 bits per heavy atom. The zero-order valence-corrected chi connectivity index (χ0v) is 22.1. The minimum absolute atomic E-state index is 0.102. The minimum atomic E-state index is -0.762. The highest BCUT2D eigenvalue weighted by molar-refractivity contribution is 9.10. The molecule has 3 aromatic rings. The summed E-state index contributed by atoms with van der Waals surface area (Å²) in [6, 6.07) is 22.8. The van der Waals surface area contributed by atoms with Gasteiger partial charge in [0.05, 0.1) is 11.3 Å². The van der Waals surface area contributed by atoms with E-state index in [1.54, 1.807) is 23.1 Å². The number of amides is 2. The van der Waals surface area contributed by atoms with Crippen LogP contribution in [-0.4, -0.2) is 33.7 Å². The molecule has 0 heterocycles. The van der Waals surface area contributed by atoms with Crippen LogP contribution in [0.2, 0.25) is 0 Å². The molecule has 1 N–H and O–H groups in total. The molecule has 0 aromatic heterocycles. The van der Waals surface area contributed by atoms with Crippen LogP contribution in [0.25, 0.3) is 0 Å². The van der Waals surface area contributed by atoms with Gasteiger partial charge in [0.25, 0.3) is 5.69 Å². The Morgan fingerprint density at radius 1 is 0.946 bits per heavy atom. The maximum atomic E-state index is 13.8. The molecular weight excluding hydrogens is 534 g/mol. The predicted molar refractivity (Wildman–Crippen MR) is 146 cm³/mol. The van der Waals surface area contributed by atoms with Crippen LogP contribution >= 0.6 is 15.9 Å². The highest BCUT2D eigenvalue weighted by atomic mass is 79.9. The summed E-state index contributed by atoms with van der Waals surface area (Å²) in [7, 11) is 0. The Balaban J connectivity index is 1.68. The summed E-state index contributed by atoms with van der Waals surface area (Å²) in [4.78, 5) is 40.2. The molecule has 0 radical (unpaired) electrons. The SMILES string of the molecule is O=C(NC1CCCC1)[C@H](Cc1ccccc1)N(Cc1ccc(Br)cc1)C(=O)Cc1ccccc1[N+](=O)[O-]. The number of nitro groups is 1. The van der Waals surface area contributed by atoms with E-state index in [0.29, 0.717) is 12.0 Å².